The topological polar surface area (TPSA) is 88.0 Å². The van der Waals surface area contributed by atoms with E-state index in [9.17, 15) is 9.59 Å². The summed E-state index contributed by atoms with van der Waals surface area (Å²) in [6.07, 6.45) is 1.99. The molecule has 4 rings (SSSR count). The van der Waals surface area contributed by atoms with Gasteiger partial charge in [0.1, 0.15) is 5.01 Å². The monoisotopic (exact) mass is 315 g/mol. The highest BCUT2D eigenvalue weighted by Crippen LogP contribution is 2.29. The summed E-state index contributed by atoms with van der Waals surface area (Å²) < 4.78 is 5.06. The highest BCUT2D eigenvalue weighted by molar-refractivity contribution is 7.09. The average Bonchev–Trinajstić information content (AvgIpc) is 3.13. The number of oxazole rings is 1. The van der Waals surface area contributed by atoms with Crippen LogP contribution in [0, 0.1) is 5.92 Å². The van der Waals surface area contributed by atoms with Crippen LogP contribution < -0.4 is 11.1 Å². The van der Waals surface area contributed by atoms with E-state index in [1.165, 1.54) is 11.3 Å². The number of fused-ring (bicyclic) bond motifs is 1. The number of thiazole rings is 1. The normalized spacial score (nSPS) is 14.4. The van der Waals surface area contributed by atoms with Crippen molar-refractivity contribution in [3.8, 4) is 11.3 Å². The lowest BCUT2D eigenvalue weighted by Gasteiger charge is -2.00. The molecule has 2 aromatic heterocycles. The molecule has 2 heterocycles. The number of nitrogens with zero attached hydrogens (tertiary/aromatic N) is 1. The van der Waals surface area contributed by atoms with Crippen LogP contribution in [0.3, 0.4) is 0 Å². The quantitative estimate of drug-likeness (QED) is 0.773. The number of aromatic nitrogens is 2. The lowest BCUT2D eigenvalue weighted by molar-refractivity contribution is -0.122. The smallest absolute Gasteiger partial charge is 0.408 e. The molecule has 0 atom stereocenters. The number of hydrogen-bond donors (Lipinski definition) is 2. The summed E-state index contributed by atoms with van der Waals surface area (Å²) >= 11 is 1.50. The molecule has 1 aromatic carbocycles. The third kappa shape index (κ3) is 2.55. The van der Waals surface area contributed by atoms with Crippen LogP contribution in [-0.2, 0) is 11.3 Å². The number of nitrogens with one attached hydrogen (secondary N) is 2. The van der Waals surface area contributed by atoms with Crippen LogP contribution >= 0.6 is 11.3 Å². The van der Waals surface area contributed by atoms with E-state index in [1.807, 2.05) is 11.4 Å². The molecular formula is C15H13N3O3S. The van der Waals surface area contributed by atoms with Crippen molar-refractivity contribution in [3.05, 3.63) is 39.1 Å². The lowest BCUT2D eigenvalue weighted by Crippen LogP contribution is -2.23. The van der Waals surface area contributed by atoms with E-state index < -0.39 is 5.76 Å². The van der Waals surface area contributed by atoms with Crippen LogP contribution in [0.4, 0.5) is 0 Å². The highest BCUT2D eigenvalue weighted by atomic mass is 32.1. The van der Waals surface area contributed by atoms with Gasteiger partial charge in [-0.2, -0.15) is 0 Å². The van der Waals surface area contributed by atoms with E-state index in [2.05, 4.69) is 15.3 Å². The second-order valence-corrected chi connectivity index (χ2v) is 6.29. The van der Waals surface area contributed by atoms with Crippen molar-refractivity contribution >= 4 is 28.3 Å². The van der Waals surface area contributed by atoms with Gasteiger partial charge in [0, 0.05) is 16.9 Å². The molecule has 22 heavy (non-hydrogen) atoms. The Labute approximate surface area is 129 Å². The van der Waals surface area contributed by atoms with E-state index in [1.54, 1.807) is 12.1 Å². The maximum absolute atomic E-state index is 11.6. The largest absolute Gasteiger partial charge is 0.417 e. The zero-order valence-electron chi connectivity index (χ0n) is 11.6. The maximum atomic E-state index is 11.6. The standard InChI is InChI=1S/C15H13N3O3S/c19-14(8-1-2-8)16-6-13-17-11(7-22-13)9-3-4-10-12(5-9)21-15(20)18-10/h3-5,7-8H,1-2,6H2,(H,16,19)(H,18,20). The van der Waals surface area contributed by atoms with Crippen LogP contribution in [0.25, 0.3) is 22.4 Å². The number of hydrogen-bond acceptors (Lipinski definition) is 5. The van der Waals surface area contributed by atoms with Gasteiger partial charge in [-0.25, -0.2) is 9.78 Å². The van der Waals surface area contributed by atoms with Crippen LogP contribution in [0.5, 0.6) is 0 Å². The van der Waals surface area contributed by atoms with Gasteiger partial charge in [-0.15, -0.1) is 11.3 Å². The molecule has 112 valence electrons. The molecule has 0 radical (unpaired) electrons. The molecule has 0 aliphatic heterocycles. The number of amides is 1. The molecule has 7 heteroatoms. The summed E-state index contributed by atoms with van der Waals surface area (Å²) in [5.41, 5.74) is 2.87. The van der Waals surface area contributed by atoms with Crippen molar-refractivity contribution in [2.75, 3.05) is 0 Å². The van der Waals surface area contributed by atoms with Crippen LogP contribution in [0.1, 0.15) is 17.8 Å². The number of H-pyrrole nitrogens is 1. The average molecular weight is 315 g/mol. The number of carbonyl (C=O) groups is 1. The predicted molar refractivity (Wildman–Crippen MR) is 82.5 cm³/mol. The first-order valence-corrected chi connectivity index (χ1v) is 7.92. The molecule has 3 aromatic rings. The highest BCUT2D eigenvalue weighted by Gasteiger charge is 2.29. The Morgan fingerprint density at radius 2 is 2.32 bits per heavy atom. The summed E-state index contributed by atoms with van der Waals surface area (Å²) in [7, 11) is 0. The van der Waals surface area contributed by atoms with Crippen LogP contribution in [0.15, 0.2) is 32.8 Å². The zero-order chi connectivity index (χ0) is 15.1. The molecule has 1 aliphatic carbocycles. The molecule has 2 N–H and O–H groups in total. The van der Waals surface area contributed by atoms with E-state index in [0.717, 1.165) is 29.1 Å². The van der Waals surface area contributed by atoms with Crippen molar-refractivity contribution in [2.24, 2.45) is 5.92 Å². The van der Waals surface area contributed by atoms with Crippen LogP contribution in [0.2, 0.25) is 0 Å². The van der Waals surface area contributed by atoms with Crippen molar-refractivity contribution in [1.82, 2.24) is 15.3 Å². The number of aromatic amines is 1. The van der Waals surface area contributed by atoms with E-state index >= 15 is 0 Å². The maximum Gasteiger partial charge on any atom is 0.417 e. The molecule has 6 nitrogen and oxygen atoms in total. The lowest BCUT2D eigenvalue weighted by atomic mass is 10.1. The Morgan fingerprint density at radius 1 is 1.45 bits per heavy atom. The first-order valence-electron chi connectivity index (χ1n) is 7.04. The first-order chi connectivity index (χ1) is 10.7. The van der Waals surface area contributed by atoms with Gasteiger partial charge in [0.2, 0.25) is 5.91 Å². The van der Waals surface area contributed by atoms with Crippen LogP contribution in [-0.4, -0.2) is 15.9 Å². The van der Waals surface area contributed by atoms with Gasteiger partial charge in [0.25, 0.3) is 0 Å². The SMILES string of the molecule is O=C(NCc1nc(-c2ccc3[nH]c(=O)oc3c2)cs1)C1CC1. The Balaban J connectivity index is 1.53. The third-order valence-corrected chi connectivity index (χ3v) is 4.48. The van der Waals surface area contributed by atoms with Gasteiger partial charge >= 0.3 is 5.76 Å². The fraction of sp³-hybridized carbons (Fsp3) is 0.267. The minimum atomic E-state index is -0.464. The molecule has 0 bridgehead atoms. The summed E-state index contributed by atoms with van der Waals surface area (Å²) in [5.74, 6) is -0.139. The van der Waals surface area contributed by atoms with E-state index in [4.69, 9.17) is 4.42 Å². The van der Waals surface area contributed by atoms with Crippen molar-refractivity contribution < 1.29 is 9.21 Å². The molecule has 1 fully saturated rings. The van der Waals surface area contributed by atoms with Crippen molar-refractivity contribution in [1.29, 1.82) is 0 Å². The Bertz CT molecular complexity index is 904. The molecule has 1 amide bonds. The second-order valence-electron chi connectivity index (χ2n) is 5.34. The molecule has 0 spiro atoms. The Kier molecular flexibility index (Phi) is 3.07. The fourth-order valence-electron chi connectivity index (χ4n) is 2.28. The van der Waals surface area contributed by atoms with Gasteiger partial charge in [-0.3, -0.25) is 9.78 Å². The molecule has 0 unspecified atom stereocenters. The third-order valence-electron chi connectivity index (χ3n) is 3.63. The summed E-state index contributed by atoms with van der Waals surface area (Å²) in [6, 6.07) is 5.47. The second kappa shape index (κ2) is 5.10. The summed E-state index contributed by atoms with van der Waals surface area (Å²) in [5, 5.41) is 5.70. The Morgan fingerprint density at radius 3 is 3.14 bits per heavy atom. The molecule has 1 aliphatic rings. The number of rotatable bonds is 4. The molecule has 0 saturated heterocycles. The first kappa shape index (κ1) is 13.3. The van der Waals surface area contributed by atoms with E-state index in [0.29, 0.717) is 17.6 Å². The Hall–Kier alpha value is -2.41. The zero-order valence-corrected chi connectivity index (χ0v) is 12.4. The number of benzene rings is 1. The van der Waals surface area contributed by atoms with Gasteiger partial charge < -0.3 is 9.73 Å². The van der Waals surface area contributed by atoms with Crippen molar-refractivity contribution in [2.45, 2.75) is 19.4 Å². The van der Waals surface area contributed by atoms with E-state index in [-0.39, 0.29) is 11.8 Å². The minimum Gasteiger partial charge on any atom is -0.408 e. The van der Waals surface area contributed by atoms with Gasteiger partial charge in [0.05, 0.1) is 17.8 Å². The van der Waals surface area contributed by atoms with Gasteiger partial charge in [0.15, 0.2) is 5.58 Å². The summed E-state index contributed by atoms with van der Waals surface area (Å²) in [6.45, 7) is 0.460. The summed E-state index contributed by atoms with van der Waals surface area (Å²) in [4.78, 5) is 29.9. The molecular weight excluding hydrogens is 302 g/mol. The predicted octanol–water partition coefficient (Wildman–Crippen LogP) is 2.27. The van der Waals surface area contributed by atoms with Crippen molar-refractivity contribution in [3.63, 3.8) is 0 Å². The fourth-order valence-corrected chi connectivity index (χ4v) is 3.02. The van der Waals surface area contributed by atoms with Gasteiger partial charge in [-0.1, -0.05) is 6.07 Å². The number of carbonyl (C=O) groups excluding carboxylic acids is 1. The van der Waals surface area contributed by atoms with Gasteiger partial charge in [-0.05, 0) is 25.0 Å². The minimum absolute atomic E-state index is 0.118. The molecule has 1 saturated carbocycles.